The maximum absolute atomic E-state index is 13.5. The van der Waals surface area contributed by atoms with Gasteiger partial charge in [0.2, 0.25) is 0 Å². The highest BCUT2D eigenvalue weighted by Crippen LogP contribution is 2.17. The van der Waals surface area contributed by atoms with Crippen LogP contribution < -0.4 is 10.6 Å². The van der Waals surface area contributed by atoms with Crippen LogP contribution >= 0.6 is 35.7 Å². The summed E-state index contributed by atoms with van der Waals surface area (Å²) in [6.07, 6.45) is 3.90. The van der Waals surface area contributed by atoms with Crippen molar-refractivity contribution in [3.05, 3.63) is 52.2 Å². The molecule has 1 aromatic heterocycles. The molecule has 0 unspecified atom stereocenters. The molecule has 0 radical (unpaired) electrons. The van der Waals surface area contributed by atoms with Gasteiger partial charge in [-0.1, -0.05) is 11.2 Å². The molecule has 0 saturated carbocycles. The molecule has 0 saturated heterocycles. The van der Waals surface area contributed by atoms with Gasteiger partial charge in [-0.05, 0) is 63.1 Å². The maximum atomic E-state index is 13.5. The summed E-state index contributed by atoms with van der Waals surface area (Å²) in [5, 5.41) is 10.6. The number of aromatic nitrogens is 1. The number of aliphatic imine (C=N–C) groups is 1. The number of nitrogens with zero attached hydrogens (tertiary/aromatic N) is 2. The molecule has 0 amide bonds. The third-order valence-corrected chi connectivity index (χ3v) is 4.90. The van der Waals surface area contributed by atoms with Crippen LogP contribution in [0.3, 0.4) is 0 Å². The number of benzene rings is 1. The highest BCUT2D eigenvalue weighted by Gasteiger charge is 2.08. The second kappa shape index (κ2) is 13.0. The van der Waals surface area contributed by atoms with E-state index in [2.05, 4.69) is 20.8 Å². The summed E-state index contributed by atoms with van der Waals surface area (Å²) in [5.41, 5.74) is 4.21. The van der Waals surface area contributed by atoms with Crippen molar-refractivity contribution in [1.82, 2.24) is 15.8 Å². The van der Waals surface area contributed by atoms with Crippen molar-refractivity contribution in [3.63, 3.8) is 0 Å². The molecular formula is C20H30FIN4OS. The van der Waals surface area contributed by atoms with E-state index in [9.17, 15) is 4.39 Å². The van der Waals surface area contributed by atoms with Crippen LogP contribution in [-0.4, -0.2) is 30.5 Å². The lowest BCUT2D eigenvalue weighted by atomic mass is 10.1. The maximum Gasteiger partial charge on any atom is 0.191 e. The summed E-state index contributed by atoms with van der Waals surface area (Å²) < 4.78 is 18.7. The molecular weight excluding hydrogens is 490 g/mol. The topological polar surface area (TPSA) is 62.5 Å². The molecule has 0 aliphatic carbocycles. The fourth-order valence-corrected chi connectivity index (χ4v) is 3.46. The van der Waals surface area contributed by atoms with E-state index in [0.717, 1.165) is 60.2 Å². The summed E-state index contributed by atoms with van der Waals surface area (Å²) in [4.78, 5) is 4.66. The van der Waals surface area contributed by atoms with Gasteiger partial charge in [0.25, 0.3) is 0 Å². The molecule has 0 aliphatic heterocycles. The smallest absolute Gasteiger partial charge is 0.191 e. The Labute approximate surface area is 188 Å². The molecule has 0 aliphatic rings. The largest absolute Gasteiger partial charge is 0.361 e. The van der Waals surface area contributed by atoms with E-state index < -0.39 is 0 Å². The van der Waals surface area contributed by atoms with Crippen molar-refractivity contribution in [2.24, 2.45) is 4.99 Å². The van der Waals surface area contributed by atoms with Gasteiger partial charge in [-0.2, -0.15) is 11.8 Å². The molecule has 156 valence electrons. The zero-order chi connectivity index (χ0) is 19.6. The SMILES string of the molecule is CCNC(=NCc1ccc(F)cc1CSC)NCCCc1c(C)noc1C.I. The minimum atomic E-state index is -0.198. The first kappa shape index (κ1) is 24.7. The van der Waals surface area contributed by atoms with Crippen molar-refractivity contribution < 1.29 is 8.91 Å². The van der Waals surface area contributed by atoms with Crippen LogP contribution in [0, 0.1) is 19.7 Å². The molecule has 28 heavy (non-hydrogen) atoms. The molecule has 5 nitrogen and oxygen atoms in total. The molecule has 0 fully saturated rings. The molecule has 0 atom stereocenters. The predicted octanol–water partition coefficient (Wildman–Crippen LogP) is 4.60. The Morgan fingerprint density at radius 2 is 2.04 bits per heavy atom. The van der Waals surface area contributed by atoms with Gasteiger partial charge in [0.05, 0.1) is 12.2 Å². The predicted molar refractivity (Wildman–Crippen MR) is 126 cm³/mol. The number of hydrogen-bond donors (Lipinski definition) is 2. The van der Waals surface area contributed by atoms with Crippen LogP contribution in [0.2, 0.25) is 0 Å². The van der Waals surface area contributed by atoms with E-state index >= 15 is 0 Å². The Balaban J connectivity index is 0.00000392. The first-order valence-corrected chi connectivity index (χ1v) is 10.6. The molecule has 2 N–H and O–H groups in total. The molecule has 2 aromatic rings. The summed E-state index contributed by atoms with van der Waals surface area (Å²) in [6.45, 7) is 8.07. The summed E-state index contributed by atoms with van der Waals surface area (Å²) in [6, 6.07) is 4.93. The van der Waals surface area contributed by atoms with Crippen LogP contribution in [-0.2, 0) is 18.7 Å². The van der Waals surface area contributed by atoms with Crippen molar-refractivity contribution in [2.45, 2.75) is 45.9 Å². The zero-order valence-corrected chi connectivity index (χ0v) is 20.1. The number of guanidine groups is 1. The van der Waals surface area contributed by atoms with Crippen LogP contribution in [0.5, 0.6) is 0 Å². The number of halogens is 2. The second-order valence-corrected chi connectivity index (χ2v) is 7.24. The highest BCUT2D eigenvalue weighted by molar-refractivity contribution is 14.0. The van der Waals surface area contributed by atoms with Gasteiger partial charge in [0.1, 0.15) is 11.6 Å². The Hall–Kier alpha value is -1.29. The van der Waals surface area contributed by atoms with E-state index in [4.69, 9.17) is 4.52 Å². The third-order valence-electron chi connectivity index (χ3n) is 4.30. The lowest BCUT2D eigenvalue weighted by Crippen LogP contribution is -2.37. The molecule has 8 heteroatoms. The number of aryl methyl sites for hydroxylation is 2. The van der Waals surface area contributed by atoms with E-state index in [1.165, 1.54) is 11.6 Å². The zero-order valence-electron chi connectivity index (χ0n) is 17.0. The number of thioether (sulfide) groups is 1. The van der Waals surface area contributed by atoms with Crippen molar-refractivity contribution >= 4 is 41.7 Å². The summed E-state index contributed by atoms with van der Waals surface area (Å²) >= 11 is 1.68. The van der Waals surface area contributed by atoms with Crippen molar-refractivity contribution in [2.75, 3.05) is 19.3 Å². The first-order chi connectivity index (χ1) is 13.0. The van der Waals surface area contributed by atoms with Gasteiger partial charge >= 0.3 is 0 Å². The fraction of sp³-hybridized carbons (Fsp3) is 0.500. The third kappa shape index (κ3) is 7.62. The first-order valence-electron chi connectivity index (χ1n) is 9.25. The van der Waals surface area contributed by atoms with Crippen LogP contribution in [0.25, 0.3) is 0 Å². The highest BCUT2D eigenvalue weighted by atomic mass is 127. The molecule has 2 rings (SSSR count). The number of rotatable bonds is 9. The van der Waals surface area contributed by atoms with Crippen LogP contribution in [0.4, 0.5) is 4.39 Å². The van der Waals surface area contributed by atoms with Crippen LogP contribution in [0.15, 0.2) is 27.7 Å². The van der Waals surface area contributed by atoms with E-state index in [1.54, 1.807) is 17.8 Å². The average molecular weight is 520 g/mol. The summed E-state index contributed by atoms with van der Waals surface area (Å²) in [5.74, 6) is 2.25. The van der Waals surface area contributed by atoms with Gasteiger partial charge in [0.15, 0.2) is 5.96 Å². The Kier molecular flexibility index (Phi) is 11.5. The second-order valence-electron chi connectivity index (χ2n) is 6.37. The van der Waals surface area contributed by atoms with E-state index in [-0.39, 0.29) is 29.8 Å². The Bertz CT molecular complexity index is 747. The van der Waals surface area contributed by atoms with Gasteiger partial charge in [-0.3, -0.25) is 0 Å². The van der Waals surface area contributed by atoms with Crippen LogP contribution in [0.1, 0.15) is 41.5 Å². The van der Waals surface area contributed by atoms with E-state index in [0.29, 0.717) is 6.54 Å². The summed E-state index contributed by atoms with van der Waals surface area (Å²) in [7, 11) is 0. The molecule has 1 aromatic carbocycles. The number of hydrogen-bond acceptors (Lipinski definition) is 4. The minimum absolute atomic E-state index is 0. The quantitative estimate of drug-likeness (QED) is 0.219. The Morgan fingerprint density at radius 3 is 2.68 bits per heavy atom. The van der Waals surface area contributed by atoms with Gasteiger partial charge in [-0.15, -0.1) is 24.0 Å². The lowest BCUT2D eigenvalue weighted by Gasteiger charge is -2.12. The van der Waals surface area contributed by atoms with Crippen molar-refractivity contribution in [3.8, 4) is 0 Å². The van der Waals surface area contributed by atoms with Gasteiger partial charge in [-0.25, -0.2) is 9.38 Å². The molecule has 1 heterocycles. The standard InChI is InChI=1S/C20H29FN4OS.HI/c1-5-22-20(23-10-6-7-19-14(2)25-26-15(19)3)24-12-16-8-9-18(21)11-17(16)13-27-4;/h8-9,11H,5-7,10,12-13H2,1-4H3,(H2,22,23,24);1H. The fourth-order valence-electron chi connectivity index (χ4n) is 2.88. The average Bonchev–Trinajstić information content (AvgIpc) is 2.96. The lowest BCUT2D eigenvalue weighted by molar-refractivity contribution is 0.392. The molecule has 0 bridgehead atoms. The minimum Gasteiger partial charge on any atom is -0.361 e. The van der Waals surface area contributed by atoms with Gasteiger partial charge < -0.3 is 15.2 Å². The molecule has 0 spiro atoms. The van der Waals surface area contributed by atoms with E-state index in [1.807, 2.05) is 33.1 Å². The Morgan fingerprint density at radius 1 is 1.25 bits per heavy atom. The monoisotopic (exact) mass is 520 g/mol. The number of nitrogens with one attached hydrogen (secondary N) is 2. The van der Waals surface area contributed by atoms with Gasteiger partial charge in [0, 0.05) is 24.4 Å². The normalized spacial score (nSPS) is 11.2. The van der Waals surface area contributed by atoms with Crippen molar-refractivity contribution in [1.29, 1.82) is 0 Å².